The lowest BCUT2D eigenvalue weighted by atomic mass is 9.97. The maximum atomic E-state index is 10.6. The van der Waals surface area contributed by atoms with Gasteiger partial charge in [0.25, 0.3) is 0 Å². The van der Waals surface area contributed by atoms with Crippen LogP contribution in [-0.2, 0) is 23.3 Å². The van der Waals surface area contributed by atoms with Gasteiger partial charge in [0.05, 0.1) is 40.5 Å². The fourth-order valence-electron chi connectivity index (χ4n) is 5.49. The van der Waals surface area contributed by atoms with Gasteiger partial charge in [0.2, 0.25) is 0 Å². The Hall–Kier alpha value is -0.410. The van der Waals surface area contributed by atoms with E-state index in [1.807, 2.05) is 14.1 Å². The highest BCUT2D eigenvalue weighted by Gasteiger charge is 2.50. The number of rotatable bonds is 20. The fourth-order valence-corrected chi connectivity index (χ4v) is 5.86. The second-order valence-electron chi connectivity index (χ2n) is 13.0. The van der Waals surface area contributed by atoms with Crippen molar-refractivity contribution in [2.75, 3.05) is 47.0 Å². The van der Waals surface area contributed by atoms with E-state index in [0.29, 0.717) is 11.0 Å². The summed E-state index contributed by atoms with van der Waals surface area (Å²) >= 11 is 0. The highest BCUT2D eigenvalue weighted by atomic mass is 31.2. The molecule has 2 rings (SSSR count). The van der Waals surface area contributed by atoms with E-state index >= 15 is 0 Å². The van der Waals surface area contributed by atoms with E-state index in [2.05, 4.69) is 11.4 Å². The van der Waals surface area contributed by atoms with E-state index in [0.717, 1.165) is 13.0 Å². The third-order valence-corrected chi connectivity index (χ3v) is 8.72. The quantitative estimate of drug-likeness (QED) is 0.0372. The van der Waals surface area contributed by atoms with Gasteiger partial charge in [0, 0.05) is 0 Å². The number of phosphoric ester groups is 1. The molecule has 11 N–H and O–H groups in total. The number of likely N-dealkylation sites (N-methyl/N-ethyl adjacent to an activating group) is 1. The molecule has 0 aromatic heterocycles. The smallest absolute Gasteiger partial charge is 0.394 e. The number of unbranched alkanes of at least 4 members (excludes halogenated alkanes) is 9. The van der Waals surface area contributed by atoms with Crippen molar-refractivity contribution in [2.24, 2.45) is 0 Å². The van der Waals surface area contributed by atoms with Crippen molar-refractivity contribution < 1.29 is 83.5 Å². The molecule has 0 aromatic carbocycles. The Labute approximate surface area is 277 Å². The molecule has 0 spiro atoms. The SMILES string of the molecule is CCCCCCCCCCCC[N+](C)(C)CC(O)COP(=O)(O)O.OC[C@H]1O[C@H](O[C@H]2[C@H](O)[C@@H](O)[C@H](O)O[C@@H]2CO)[C@H](O)[C@@H](O)[C@@H]1O. The summed E-state index contributed by atoms with van der Waals surface area (Å²) in [6, 6.07) is 0. The van der Waals surface area contributed by atoms with Crippen molar-refractivity contribution in [3.05, 3.63) is 0 Å². The van der Waals surface area contributed by atoms with Crippen LogP contribution in [0.1, 0.15) is 71.1 Å². The molecule has 0 saturated carbocycles. The van der Waals surface area contributed by atoms with E-state index in [-0.39, 0.29) is 6.61 Å². The molecule has 2 aliphatic rings. The molecule has 11 atom stereocenters. The van der Waals surface area contributed by atoms with Gasteiger partial charge in [-0.3, -0.25) is 4.52 Å². The second kappa shape index (κ2) is 22.4. The first kappa shape index (κ1) is 44.6. The van der Waals surface area contributed by atoms with Gasteiger partial charge < -0.3 is 74.4 Å². The molecule has 2 saturated heterocycles. The number of nitrogens with zero attached hydrogens (tertiary/aromatic N) is 1. The molecule has 0 amide bonds. The summed E-state index contributed by atoms with van der Waals surface area (Å²) in [6.45, 7) is 1.94. The largest absolute Gasteiger partial charge is 0.469 e. The van der Waals surface area contributed by atoms with Crippen LogP contribution in [-0.4, -0.2) is 175 Å². The lowest BCUT2D eigenvalue weighted by Crippen LogP contribution is -2.64. The second-order valence-corrected chi connectivity index (χ2v) is 14.2. The number of aliphatic hydroxyl groups is 9. The van der Waals surface area contributed by atoms with Gasteiger partial charge in [-0.1, -0.05) is 58.3 Å². The Bertz CT molecular complexity index is 864. The van der Waals surface area contributed by atoms with Gasteiger partial charge in [-0.05, 0) is 12.8 Å². The molecule has 2 aliphatic heterocycles. The third kappa shape index (κ3) is 16.9. The van der Waals surface area contributed by atoms with E-state index in [1.165, 1.54) is 57.8 Å². The Morgan fingerprint density at radius 2 is 1.26 bits per heavy atom. The number of aliphatic hydroxyl groups excluding tert-OH is 9. The minimum atomic E-state index is -4.50. The van der Waals surface area contributed by atoms with Crippen LogP contribution in [0, 0.1) is 0 Å². The monoisotopic (exact) mass is 710 g/mol. The Morgan fingerprint density at radius 1 is 0.723 bits per heavy atom. The Kier molecular flexibility index (Phi) is 21.3. The van der Waals surface area contributed by atoms with E-state index in [4.69, 9.17) is 29.1 Å². The molecule has 0 bridgehead atoms. The normalized spacial score (nSPS) is 32.5. The zero-order valence-corrected chi connectivity index (χ0v) is 28.7. The highest BCUT2D eigenvalue weighted by Crippen LogP contribution is 2.35. The standard InChI is InChI=1S/C17H38NO5P.C12H22O11/c1-4-5-6-7-8-9-10-11-12-13-14-18(2,3)15-17(19)16-23-24(20,21)22;13-1-3-5(15)6(16)9(19)12(22-3)23-10-4(2-14)21-11(20)8(18)7(10)17/h17,19H,4-16H2,1-3H3,(H-,20,21,22);3-20H,1-2H2/p+1/t;3-,4-,5-,6+,7-,8-,9-,10-,11-,12-/m.1/s1. The molecular formula is C29H61NO16P+. The fraction of sp³-hybridized carbons (Fsp3) is 1.00. The highest BCUT2D eigenvalue weighted by molar-refractivity contribution is 7.46. The van der Waals surface area contributed by atoms with Gasteiger partial charge >= 0.3 is 7.82 Å². The zero-order chi connectivity index (χ0) is 35.8. The summed E-state index contributed by atoms with van der Waals surface area (Å²) < 4.78 is 30.9. The van der Waals surface area contributed by atoms with Crippen molar-refractivity contribution in [1.82, 2.24) is 0 Å². The summed E-state index contributed by atoms with van der Waals surface area (Å²) in [7, 11) is -0.454. The molecule has 0 radical (unpaired) electrons. The van der Waals surface area contributed by atoms with Gasteiger partial charge in [0.15, 0.2) is 12.6 Å². The number of hydrogen-bond donors (Lipinski definition) is 11. The molecular weight excluding hydrogens is 649 g/mol. The van der Waals surface area contributed by atoms with E-state index < -0.39 is 88.6 Å². The van der Waals surface area contributed by atoms with Gasteiger partial charge in [-0.25, -0.2) is 4.57 Å². The Morgan fingerprint density at radius 3 is 1.77 bits per heavy atom. The first-order valence-electron chi connectivity index (χ1n) is 16.4. The molecule has 47 heavy (non-hydrogen) atoms. The molecule has 2 fully saturated rings. The molecule has 282 valence electrons. The topological polar surface area (TPSA) is 277 Å². The third-order valence-electron chi connectivity index (χ3n) is 8.24. The zero-order valence-electron chi connectivity index (χ0n) is 27.8. The average molecular weight is 711 g/mol. The summed E-state index contributed by atoms with van der Waals surface area (Å²) in [6.07, 6.45) is -3.48. The lowest BCUT2D eigenvalue weighted by Gasteiger charge is -2.45. The maximum Gasteiger partial charge on any atom is 0.469 e. The number of hydrogen-bond acceptors (Lipinski definition) is 14. The number of ether oxygens (including phenoxy) is 3. The summed E-state index contributed by atoms with van der Waals surface area (Å²) in [4.78, 5) is 17.3. The van der Waals surface area contributed by atoms with Crippen molar-refractivity contribution in [2.45, 2.75) is 139 Å². The first-order valence-corrected chi connectivity index (χ1v) is 18.0. The number of phosphoric acid groups is 1. The Balaban J connectivity index is 0.000000470. The van der Waals surface area contributed by atoms with Crippen LogP contribution in [0.15, 0.2) is 0 Å². The van der Waals surface area contributed by atoms with Crippen LogP contribution in [0.2, 0.25) is 0 Å². The van der Waals surface area contributed by atoms with Crippen molar-refractivity contribution >= 4 is 7.82 Å². The van der Waals surface area contributed by atoms with E-state index in [9.17, 15) is 45.4 Å². The molecule has 18 heteroatoms. The molecule has 0 aliphatic carbocycles. The van der Waals surface area contributed by atoms with Gasteiger partial charge in [-0.2, -0.15) is 0 Å². The van der Waals surface area contributed by atoms with Crippen molar-refractivity contribution in [3.8, 4) is 0 Å². The van der Waals surface area contributed by atoms with Crippen LogP contribution >= 0.6 is 7.82 Å². The summed E-state index contributed by atoms with van der Waals surface area (Å²) in [5.41, 5.74) is 0. The van der Waals surface area contributed by atoms with Crippen LogP contribution in [0.25, 0.3) is 0 Å². The molecule has 2 heterocycles. The van der Waals surface area contributed by atoms with Crippen molar-refractivity contribution in [1.29, 1.82) is 0 Å². The molecule has 1 unspecified atom stereocenters. The average Bonchev–Trinajstić information content (AvgIpc) is 3.00. The maximum absolute atomic E-state index is 10.6. The summed E-state index contributed by atoms with van der Waals surface area (Å²) in [5.74, 6) is 0. The van der Waals surface area contributed by atoms with Crippen molar-refractivity contribution in [3.63, 3.8) is 0 Å². The molecule has 0 aromatic rings. The van der Waals surface area contributed by atoms with Crippen LogP contribution in [0.3, 0.4) is 0 Å². The minimum Gasteiger partial charge on any atom is -0.394 e. The first-order chi connectivity index (χ1) is 22.0. The lowest BCUT2D eigenvalue weighted by molar-refractivity contribution is -0.893. The van der Waals surface area contributed by atoms with Crippen LogP contribution < -0.4 is 0 Å². The van der Waals surface area contributed by atoms with Crippen LogP contribution in [0.4, 0.5) is 0 Å². The van der Waals surface area contributed by atoms with Gasteiger partial charge in [0.1, 0.15) is 61.5 Å². The van der Waals surface area contributed by atoms with Gasteiger partial charge in [-0.15, -0.1) is 0 Å². The van der Waals surface area contributed by atoms with Crippen LogP contribution in [0.5, 0.6) is 0 Å². The predicted molar refractivity (Wildman–Crippen MR) is 166 cm³/mol. The summed E-state index contributed by atoms with van der Waals surface area (Å²) in [5, 5.41) is 86.3. The molecule has 17 nitrogen and oxygen atoms in total. The minimum absolute atomic E-state index is 0.329. The number of quaternary nitrogens is 1. The predicted octanol–water partition coefficient (Wildman–Crippen LogP) is -1.94. The van der Waals surface area contributed by atoms with E-state index in [1.54, 1.807) is 0 Å².